The Morgan fingerprint density at radius 3 is 3.12 bits per heavy atom. The number of carbonyl (C=O) groups is 1. The molecule has 2 aromatic rings. The predicted molar refractivity (Wildman–Crippen MR) is 63.1 cm³/mol. The first-order valence-corrected chi connectivity index (χ1v) is 5.75. The molecule has 1 amide bonds. The van der Waals surface area contributed by atoms with Crippen LogP contribution in [0, 0.1) is 0 Å². The average Bonchev–Trinajstić information content (AvgIpc) is 2.84. The standard InChI is InChI=1S/C10H12N4OS/c11-9(15)6-14-3-1-10(13-14)12-5-8-2-4-16-7-8/h1-4,7H,5-6H2,(H2,11,15)(H,12,13). The van der Waals surface area contributed by atoms with Gasteiger partial charge in [0.25, 0.3) is 0 Å². The number of rotatable bonds is 5. The van der Waals surface area contributed by atoms with Gasteiger partial charge in [-0.3, -0.25) is 9.48 Å². The maximum Gasteiger partial charge on any atom is 0.239 e. The second kappa shape index (κ2) is 4.80. The van der Waals surface area contributed by atoms with Crippen molar-refractivity contribution < 1.29 is 4.79 Å². The van der Waals surface area contributed by atoms with Crippen molar-refractivity contribution in [3.05, 3.63) is 34.7 Å². The number of nitrogens with two attached hydrogens (primary N) is 1. The van der Waals surface area contributed by atoms with Crippen LogP contribution in [0.15, 0.2) is 29.1 Å². The van der Waals surface area contributed by atoms with Crippen molar-refractivity contribution in [2.24, 2.45) is 5.73 Å². The maximum atomic E-state index is 10.7. The summed E-state index contributed by atoms with van der Waals surface area (Å²) in [7, 11) is 0. The molecule has 84 valence electrons. The molecule has 0 atom stereocenters. The van der Waals surface area contributed by atoms with E-state index in [9.17, 15) is 4.79 Å². The molecule has 2 rings (SSSR count). The lowest BCUT2D eigenvalue weighted by atomic mass is 10.3. The number of hydrogen-bond donors (Lipinski definition) is 2. The topological polar surface area (TPSA) is 72.9 Å². The molecule has 0 aliphatic rings. The van der Waals surface area contributed by atoms with Crippen LogP contribution in [0.2, 0.25) is 0 Å². The average molecular weight is 236 g/mol. The first-order chi connectivity index (χ1) is 7.74. The highest BCUT2D eigenvalue weighted by Gasteiger charge is 2.01. The second-order valence-corrected chi connectivity index (χ2v) is 4.13. The molecule has 0 radical (unpaired) electrons. The van der Waals surface area contributed by atoms with Crippen LogP contribution >= 0.6 is 11.3 Å². The number of aromatic nitrogens is 2. The van der Waals surface area contributed by atoms with Crippen LogP contribution in [0.1, 0.15) is 5.56 Å². The van der Waals surface area contributed by atoms with E-state index in [0.29, 0.717) is 0 Å². The zero-order valence-electron chi connectivity index (χ0n) is 8.59. The number of thiophene rings is 1. The van der Waals surface area contributed by atoms with E-state index in [2.05, 4.69) is 21.9 Å². The smallest absolute Gasteiger partial charge is 0.239 e. The zero-order valence-corrected chi connectivity index (χ0v) is 9.41. The fraction of sp³-hybridized carbons (Fsp3) is 0.200. The summed E-state index contributed by atoms with van der Waals surface area (Å²) < 4.78 is 1.51. The summed E-state index contributed by atoms with van der Waals surface area (Å²) in [6.45, 7) is 0.844. The first-order valence-electron chi connectivity index (χ1n) is 4.81. The Kier molecular flexibility index (Phi) is 3.21. The lowest BCUT2D eigenvalue weighted by Gasteiger charge is -2.00. The lowest BCUT2D eigenvalue weighted by Crippen LogP contribution is -2.19. The van der Waals surface area contributed by atoms with Crippen LogP contribution in [0.4, 0.5) is 5.82 Å². The van der Waals surface area contributed by atoms with Gasteiger partial charge >= 0.3 is 0 Å². The maximum absolute atomic E-state index is 10.7. The van der Waals surface area contributed by atoms with Crippen molar-refractivity contribution in [3.63, 3.8) is 0 Å². The van der Waals surface area contributed by atoms with Crippen molar-refractivity contribution in [3.8, 4) is 0 Å². The van der Waals surface area contributed by atoms with E-state index in [4.69, 9.17) is 5.73 Å². The number of nitrogens with one attached hydrogen (secondary N) is 1. The van der Waals surface area contributed by atoms with Crippen LogP contribution < -0.4 is 11.1 Å². The van der Waals surface area contributed by atoms with Gasteiger partial charge in [0.15, 0.2) is 0 Å². The molecule has 0 fully saturated rings. The van der Waals surface area contributed by atoms with Gasteiger partial charge in [-0.2, -0.15) is 16.4 Å². The van der Waals surface area contributed by atoms with Gasteiger partial charge in [0.05, 0.1) is 0 Å². The quantitative estimate of drug-likeness (QED) is 0.814. The van der Waals surface area contributed by atoms with E-state index < -0.39 is 5.91 Å². The molecule has 0 aliphatic heterocycles. The summed E-state index contributed by atoms with van der Waals surface area (Å²) in [6, 6.07) is 3.87. The summed E-state index contributed by atoms with van der Waals surface area (Å²) in [6.07, 6.45) is 1.72. The molecule has 0 unspecified atom stereocenters. The van der Waals surface area contributed by atoms with Crippen LogP contribution in [0.25, 0.3) is 0 Å². The minimum absolute atomic E-state index is 0.111. The van der Waals surface area contributed by atoms with Crippen LogP contribution in [-0.2, 0) is 17.9 Å². The summed E-state index contributed by atoms with van der Waals surface area (Å²) in [5.41, 5.74) is 6.28. The van der Waals surface area contributed by atoms with Gasteiger partial charge in [-0.15, -0.1) is 0 Å². The van der Waals surface area contributed by atoms with Crippen molar-refractivity contribution in [2.75, 3.05) is 5.32 Å². The predicted octanol–water partition coefficient (Wildman–Crippen LogP) is 1.04. The molecule has 2 heterocycles. The van der Waals surface area contributed by atoms with E-state index in [1.54, 1.807) is 17.5 Å². The molecule has 6 heteroatoms. The van der Waals surface area contributed by atoms with Crippen LogP contribution in [-0.4, -0.2) is 15.7 Å². The molecule has 5 nitrogen and oxygen atoms in total. The molecular weight excluding hydrogens is 224 g/mol. The number of hydrogen-bond acceptors (Lipinski definition) is 4. The third kappa shape index (κ3) is 2.83. The molecule has 16 heavy (non-hydrogen) atoms. The SMILES string of the molecule is NC(=O)Cn1ccc(NCc2ccsc2)n1. The van der Waals surface area contributed by atoms with Gasteiger partial charge in [0, 0.05) is 18.8 Å². The van der Waals surface area contributed by atoms with Crippen LogP contribution in [0.5, 0.6) is 0 Å². The minimum atomic E-state index is -0.396. The minimum Gasteiger partial charge on any atom is -0.368 e. The van der Waals surface area contributed by atoms with Gasteiger partial charge in [-0.1, -0.05) is 0 Å². The van der Waals surface area contributed by atoms with Crippen molar-refractivity contribution in [1.29, 1.82) is 0 Å². The monoisotopic (exact) mass is 236 g/mol. The molecule has 0 spiro atoms. The van der Waals surface area contributed by atoms with Gasteiger partial charge in [-0.25, -0.2) is 0 Å². The Labute approximate surface area is 96.9 Å². The Morgan fingerprint density at radius 2 is 2.44 bits per heavy atom. The highest BCUT2D eigenvalue weighted by molar-refractivity contribution is 7.07. The highest BCUT2D eigenvalue weighted by Crippen LogP contribution is 2.09. The molecule has 2 aromatic heterocycles. The molecular formula is C10H12N4OS. The fourth-order valence-corrected chi connectivity index (χ4v) is 1.96. The first kappa shape index (κ1) is 10.7. The number of amides is 1. The van der Waals surface area contributed by atoms with Gasteiger partial charge in [-0.05, 0) is 22.4 Å². The van der Waals surface area contributed by atoms with E-state index in [-0.39, 0.29) is 6.54 Å². The largest absolute Gasteiger partial charge is 0.368 e. The Bertz CT molecular complexity index is 463. The summed E-state index contributed by atoms with van der Waals surface area (Å²) in [5.74, 6) is 0.347. The third-order valence-corrected chi connectivity index (χ3v) is 2.74. The molecule has 0 aromatic carbocycles. The number of anilines is 1. The lowest BCUT2D eigenvalue weighted by molar-refractivity contribution is -0.118. The number of nitrogens with zero attached hydrogens (tertiary/aromatic N) is 2. The normalized spacial score (nSPS) is 10.2. The molecule has 0 bridgehead atoms. The zero-order chi connectivity index (χ0) is 11.4. The summed E-state index contributed by atoms with van der Waals surface area (Å²) in [4.78, 5) is 10.7. The molecule has 0 saturated carbocycles. The fourth-order valence-electron chi connectivity index (χ4n) is 1.29. The number of primary amides is 1. The van der Waals surface area contributed by atoms with E-state index in [0.717, 1.165) is 12.4 Å². The highest BCUT2D eigenvalue weighted by atomic mass is 32.1. The van der Waals surface area contributed by atoms with Crippen molar-refractivity contribution >= 4 is 23.1 Å². The summed E-state index contributed by atoms with van der Waals surface area (Å²) >= 11 is 1.66. The van der Waals surface area contributed by atoms with Crippen molar-refractivity contribution in [2.45, 2.75) is 13.1 Å². The van der Waals surface area contributed by atoms with Gasteiger partial charge < -0.3 is 11.1 Å². The van der Waals surface area contributed by atoms with E-state index in [1.165, 1.54) is 10.2 Å². The Hall–Kier alpha value is -1.82. The van der Waals surface area contributed by atoms with Gasteiger partial charge in [0.2, 0.25) is 5.91 Å². The van der Waals surface area contributed by atoms with E-state index in [1.807, 2.05) is 11.4 Å². The van der Waals surface area contributed by atoms with Gasteiger partial charge in [0.1, 0.15) is 12.4 Å². The molecule has 0 saturated heterocycles. The van der Waals surface area contributed by atoms with Crippen molar-refractivity contribution in [1.82, 2.24) is 9.78 Å². The molecule has 0 aliphatic carbocycles. The number of carbonyl (C=O) groups excluding carboxylic acids is 1. The summed E-state index contributed by atoms with van der Waals surface area (Å²) in [5, 5.41) is 11.4. The molecule has 3 N–H and O–H groups in total. The Balaban J connectivity index is 1.90. The third-order valence-electron chi connectivity index (χ3n) is 2.01. The van der Waals surface area contributed by atoms with Crippen LogP contribution in [0.3, 0.4) is 0 Å². The second-order valence-electron chi connectivity index (χ2n) is 3.35. The Morgan fingerprint density at radius 1 is 1.56 bits per heavy atom. The van der Waals surface area contributed by atoms with E-state index >= 15 is 0 Å².